The predicted molar refractivity (Wildman–Crippen MR) is 109 cm³/mol. The number of guanidine groups is 1. The lowest BCUT2D eigenvalue weighted by atomic mass is 9.95. The van der Waals surface area contributed by atoms with E-state index in [1.165, 1.54) is 5.56 Å². The van der Waals surface area contributed by atoms with Gasteiger partial charge in [-0.3, -0.25) is 14.8 Å². The normalized spacial score (nSPS) is 18.9. The highest BCUT2D eigenvalue weighted by atomic mass is 35.5. The van der Waals surface area contributed by atoms with Crippen molar-refractivity contribution >= 4 is 34.5 Å². The largest absolute Gasteiger partial charge is 0.370 e. The van der Waals surface area contributed by atoms with E-state index in [0.717, 1.165) is 54.5 Å². The van der Waals surface area contributed by atoms with Crippen LogP contribution in [0.25, 0.3) is 11.0 Å². The Morgan fingerprint density at radius 2 is 1.81 bits per heavy atom. The van der Waals surface area contributed by atoms with Gasteiger partial charge >= 0.3 is 0 Å². The topological polar surface area (TPSA) is 71.5 Å². The monoisotopic (exact) mass is 380 g/mol. The number of aliphatic imine (C=N–C) groups is 1. The second kappa shape index (κ2) is 6.25. The molecule has 0 bridgehead atoms. The number of benzene rings is 2. The third-order valence-electron chi connectivity index (χ3n) is 5.52. The second-order valence-corrected chi connectivity index (χ2v) is 7.70. The van der Waals surface area contributed by atoms with Crippen molar-refractivity contribution in [1.29, 1.82) is 0 Å². The molecule has 1 aromatic heterocycles. The number of halogens is 1. The van der Waals surface area contributed by atoms with Crippen molar-refractivity contribution < 1.29 is 0 Å². The van der Waals surface area contributed by atoms with Crippen LogP contribution in [0.15, 0.2) is 53.5 Å². The van der Waals surface area contributed by atoms with Gasteiger partial charge in [-0.15, -0.1) is 0 Å². The zero-order valence-electron chi connectivity index (χ0n) is 14.9. The molecule has 2 aliphatic rings. The fourth-order valence-corrected chi connectivity index (χ4v) is 4.33. The van der Waals surface area contributed by atoms with Gasteiger partial charge in [0, 0.05) is 37.5 Å². The molecule has 6 nitrogen and oxygen atoms in total. The number of aromatic nitrogens is 2. The number of fused-ring (bicyclic) bond motifs is 4. The second-order valence-electron chi connectivity index (χ2n) is 7.27. The number of imidazole rings is 1. The van der Waals surface area contributed by atoms with Crippen LogP contribution in [-0.2, 0) is 12.2 Å². The molecule has 0 amide bonds. The van der Waals surface area contributed by atoms with Crippen molar-refractivity contribution in [3.05, 3.63) is 59.1 Å². The Hall–Kier alpha value is -2.57. The lowest BCUT2D eigenvalue weighted by molar-refractivity contribution is 0.114. The van der Waals surface area contributed by atoms with Gasteiger partial charge in [-0.05, 0) is 29.8 Å². The molecule has 1 spiro atoms. The van der Waals surface area contributed by atoms with Gasteiger partial charge in [-0.25, -0.2) is 9.98 Å². The number of nitrogens with two attached hydrogens (primary N) is 1. The molecule has 5 rings (SSSR count). The molecule has 138 valence electrons. The summed E-state index contributed by atoms with van der Waals surface area (Å²) in [7, 11) is 0. The van der Waals surface area contributed by atoms with Gasteiger partial charge in [0.15, 0.2) is 5.96 Å². The summed E-state index contributed by atoms with van der Waals surface area (Å²) in [5, 5.41) is 3.90. The fraction of sp³-hybridized carbons (Fsp3) is 0.300. The minimum absolute atomic E-state index is 0.364. The molecule has 2 aliphatic heterocycles. The third-order valence-corrected chi connectivity index (χ3v) is 5.77. The van der Waals surface area contributed by atoms with Crippen LogP contribution in [0.5, 0.6) is 0 Å². The van der Waals surface area contributed by atoms with E-state index >= 15 is 0 Å². The molecular formula is C20H21ClN6. The summed E-state index contributed by atoms with van der Waals surface area (Å²) in [4.78, 5) is 12.0. The molecule has 3 N–H and O–H groups in total. The van der Waals surface area contributed by atoms with E-state index in [-0.39, 0.29) is 5.66 Å². The summed E-state index contributed by atoms with van der Waals surface area (Å²) in [6.45, 7) is 2.82. The van der Waals surface area contributed by atoms with Crippen molar-refractivity contribution in [1.82, 2.24) is 14.5 Å². The number of rotatable bonds is 2. The van der Waals surface area contributed by atoms with Gasteiger partial charge in [0.1, 0.15) is 5.66 Å². The number of nitrogens with one attached hydrogen (secondary N) is 1. The Balaban J connectivity index is 1.43. The zero-order chi connectivity index (χ0) is 18.4. The van der Waals surface area contributed by atoms with Crippen LogP contribution in [0.2, 0.25) is 5.02 Å². The number of piperidine rings is 1. The average Bonchev–Trinajstić information content (AvgIpc) is 3.04. The molecule has 2 aromatic carbocycles. The van der Waals surface area contributed by atoms with Gasteiger partial charge < -0.3 is 5.73 Å². The van der Waals surface area contributed by atoms with E-state index in [1.807, 2.05) is 30.3 Å². The first-order valence-electron chi connectivity index (χ1n) is 9.20. The first kappa shape index (κ1) is 16.6. The number of anilines is 1. The van der Waals surface area contributed by atoms with E-state index in [0.29, 0.717) is 5.96 Å². The van der Waals surface area contributed by atoms with Crippen molar-refractivity contribution in [2.24, 2.45) is 10.7 Å². The minimum Gasteiger partial charge on any atom is -0.370 e. The van der Waals surface area contributed by atoms with Gasteiger partial charge in [-0.1, -0.05) is 35.9 Å². The molecular weight excluding hydrogens is 360 g/mol. The molecule has 7 heteroatoms. The summed E-state index contributed by atoms with van der Waals surface area (Å²) in [5.74, 6) is 1.24. The molecule has 1 fully saturated rings. The number of nitrogens with zero attached hydrogens (tertiary/aromatic N) is 4. The lowest BCUT2D eigenvalue weighted by Crippen LogP contribution is -2.49. The van der Waals surface area contributed by atoms with Gasteiger partial charge in [0.05, 0.1) is 11.0 Å². The highest BCUT2D eigenvalue weighted by Gasteiger charge is 2.41. The molecule has 3 aromatic rings. The number of hydrogen-bond acceptors (Lipinski definition) is 5. The van der Waals surface area contributed by atoms with Crippen LogP contribution in [-0.4, -0.2) is 33.5 Å². The Morgan fingerprint density at radius 1 is 1.07 bits per heavy atom. The zero-order valence-corrected chi connectivity index (χ0v) is 15.7. The van der Waals surface area contributed by atoms with Crippen LogP contribution in [0.4, 0.5) is 5.95 Å². The third kappa shape index (κ3) is 2.85. The standard InChI is InChI=1S/C20H21ClN6/c21-15-7-5-14(6-8-15)13-26-11-9-20(10-12-26)25-18(22)24-19-23-16-3-1-2-4-17(16)27(19)20/h1-8H,9-13H2,(H3,22,23,24,25). The average molecular weight is 381 g/mol. The maximum absolute atomic E-state index is 6.11. The first-order chi connectivity index (χ1) is 13.1. The highest BCUT2D eigenvalue weighted by molar-refractivity contribution is 6.30. The molecule has 27 heavy (non-hydrogen) atoms. The van der Waals surface area contributed by atoms with E-state index in [2.05, 4.69) is 33.0 Å². The van der Waals surface area contributed by atoms with Crippen LogP contribution >= 0.6 is 11.6 Å². The number of hydrogen-bond donors (Lipinski definition) is 2. The van der Waals surface area contributed by atoms with E-state index < -0.39 is 0 Å². The predicted octanol–water partition coefficient (Wildman–Crippen LogP) is 3.38. The minimum atomic E-state index is -0.364. The molecule has 0 atom stereocenters. The molecule has 1 saturated heterocycles. The maximum atomic E-state index is 6.11. The molecule has 0 unspecified atom stereocenters. The van der Waals surface area contributed by atoms with Crippen LogP contribution in [0, 0.1) is 0 Å². The maximum Gasteiger partial charge on any atom is 0.212 e. The first-order valence-corrected chi connectivity index (χ1v) is 9.58. The Labute approximate surface area is 162 Å². The van der Waals surface area contributed by atoms with E-state index in [1.54, 1.807) is 0 Å². The Kier molecular flexibility index (Phi) is 3.84. The Bertz CT molecular complexity index is 1010. The summed E-state index contributed by atoms with van der Waals surface area (Å²) < 4.78 is 2.23. The summed E-state index contributed by atoms with van der Waals surface area (Å²) >= 11 is 6.00. The Morgan fingerprint density at radius 3 is 2.59 bits per heavy atom. The fourth-order valence-electron chi connectivity index (χ4n) is 4.20. The molecule has 0 aliphatic carbocycles. The molecule has 0 saturated carbocycles. The summed E-state index contributed by atoms with van der Waals surface area (Å²) in [6, 6.07) is 16.3. The van der Waals surface area contributed by atoms with E-state index in [4.69, 9.17) is 27.3 Å². The number of para-hydroxylation sites is 2. The van der Waals surface area contributed by atoms with Crippen molar-refractivity contribution in [3.63, 3.8) is 0 Å². The highest BCUT2D eigenvalue weighted by Crippen LogP contribution is 2.39. The lowest BCUT2D eigenvalue weighted by Gasteiger charge is -2.42. The van der Waals surface area contributed by atoms with Crippen molar-refractivity contribution in [2.45, 2.75) is 25.0 Å². The molecule has 0 radical (unpaired) electrons. The smallest absolute Gasteiger partial charge is 0.212 e. The van der Waals surface area contributed by atoms with Gasteiger partial charge in [0.2, 0.25) is 5.95 Å². The summed E-state index contributed by atoms with van der Waals surface area (Å²) in [6.07, 6.45) is 1.80. The van der Waals surface area contributed by atoms with Gasteiger partial charge in [-0.2, -0.15) is 0 Å². The quantitative estimate of drug-likeness (QED) is 0.715. The molecule has 3 heterocycles. The van der Waals surface area contributed by atoms with E-state index in [9.17, 15) is 0 Å². The summed E-state index contributed by atoms with van der Waals surface area (Å²) in [5.41, 5.74) is 9.09. The van der Waals surface area contributed by atoms with Crippen molar-refractivity contribution in [3.8, 4) is 0 Å². The SMILES string of the molecule is NC1=NC2(CCN(Cc3ccc(Cl)cc3)CC2)n2c(nc3ccccc32)N1. The van der Waals surface area contributed by atoms with Crippen molar-refractivity contribution in [2.75, 3.05) is 18.4 Å². The van der Waals surface area contributed by atoms with Crippen LogP contribution in [0.3, 0.4) is 0 Å². The van der Waals surface area contributed by atoms with Gasteiger partial charge in [0.25, 0.3) is 0 Å². The van der Waals surface area contributed by atoms with Crippen LogP contribution < -0.4 is 11.1 Å². The van der Waals surface area contributed by atoms with Crippen LogP contribution in [0.1, 0.15) is 18.4 Å². The number of likely N-dealkylation sites (tertiary alicyclic amines) is 1.